The van der Waals surface area contributed by atoms with E-state index in [1.54, 1.807) is 0 Å². The molecular weight excluding hydrogens is 571 g/mol. The topological polar surface area (TPSA) is 14.8 Å². The zero-order valence-electron chi connectivity index (χ0n) is 26.4. The van der Waals surface area contributed by atoms with Gasteiger partial charge in [-0.2, -0.15) is 0 Å². The summed E-state index contributed by atoms with van der Waals surface area (Å²) < 4.78 is 7.07. The van der Waals surface area contributed by atoms with Crippen molar-refractivity contribution in [3.8, 4) is 11.4 Å². The van der Waals surface area contributed by atoms with E-state index in [0.29, 0.717) is 0 Å². The van der Waals surface area contributed by atoms with E-state index in [9.17, 15) is 0 Å². The highest BCUT2D eigenvalue weighted by molar-refractivity contribution is 6.11. The molecule has 0 unspecified atom stereocenters. The predicted molar refractivity (Wildman–Crippen MR) is 200 cm³/mol. The normalized spacial score (nSPS) is 11.6. The number of nitrogens with zero attached hydrogens (tertiary/aromatic N) is 3. The molecule has 0 saturated heterocycles. The van der Waals surface area contributed by atoms with Crippen molar-refractivity contribution in [2.24, 2.45) is 7.05 Å². The predicted octanol–water partition coefficient (Wildman–Crippen LogP) is 11.5. The van der Waals surface area contributed by atoms with Crippen molar-refractivity contribution in [1.29, 1.82) is 0 Å². The first kappa shape index (κ1) is 27.3. The Morgan fingerprint density at radius 2 is 0.553 bits per heavy atom. The minimum Gasteiger partial charge on any atom is -0.344 e. The Morgan fingerprint density at radius 3 is 0.872 bits per heavy atom. The van der Waals surface area contributed by atoms with Gasteiger partial charge in [-0.05, 0) is 61.0 Å². The zero-order valence-corrected chi connectivity index (χ0v) is 26.4. The van der Waals surface area contributed by atoms with Gasteiger partial charge in [0.15, 0.2) is 0 Å². The molecule has 0 fully saturated rings. The van der Waals surface area contributed by atoms with Crippen LogP contribution in [0.15, 0.2) is 164 Å². The van der Waals surface area contributed by atoms with Crippen molar-refractivity contribution in [2.75, 3.05) is 0 Å². The summed E-state index contributed by atoms with van der Waals surface area (Å²) in [4.78, 5) is 0. The van der Waals surface area contributed by atoms with Gasteiger partial charge in [0.05, 0.1) is 33.4 Å². The molecule has 0 aliphatic carbocycles. The van der Waals surface area contributed by atoms with Gasteiger partial charge in [-0.15, -0.1) is 0 Å². The van der Waals surface area contributed by atoms with Crippen LogP contribution in [0.4, 0.5) is 0 Å². The van der Waals surface area contributed by atoms with Gasteiger partial charge in [-0.1, -0.05) is 115 Å². The molecule has 3 heterocycles. The highest BCUT2D eigenvalue weighted by atomic mass is 15.0. The van der Waals surface area contributed by atoms with E-state index in [1.807, 2.05) is 0 Å². The van der Waals surface area contributed by atoms with Crippen molar-refractivity contribution in [2.45, 2.75) is 6.92 Å². The SMILES string of the molecule is Cc1c(-n2c3ccccc3c3ccccc32)cccc1-n1c2ccccc2c2ccccc21.Cn1c2ccccc2c2ccccc21. The van der Waals surface area contributed by atoms with Crippen molar-refractivity contribution in [1.82, 2.24) is 13.7 Å². The van der Waals surface area contributed by atoms with Crippen molar-refractivity contribution < 1.29 is 0 Å². The van der Waals surface area contributed by atoms with E-state index in [4.69, 9.17) is 0 Å². The summed E-state index contributed by atoms with van der Waals surface area (Å²) in [5, 5.41) is 7.82. The summed E-state index contributed by atoms with van der Waals surface area (Å²) in [6.07, 6.45) is 0. The van der Waals surface area contributed by atoms with Crippen LogP contribution in [0, 0.1) is 6.92 Å². The maximum Gasteiger partial charge on any atom is 0.0541 e. The molecule has 3 aromatic heterocycles. The molecular formula is C44H33N3. The third-order valence-corrected chi connectivity index (χ3v) is 9.74. The fourth-order valence-corrected chi connectivity index (χ4v) is 7.58. The second-order valence-electron chi connectivity index (χ2n) is 12.3. The van der Waals surface area contributed by atoms with Crippen LogP contribution in [0.2, 0.25) is 0 Å². The molecule has 224 valence electrons. The van der Waals surface area contributed by atoms with E-state index in [-0.39, 0.29) is 0 Å². The second-order valence-corrected chi connectivity index (χ2v) is 12.3. The molecule has 7 aromatic carbocycles. The number of aryl methyl sites for hydroxylation is 1. The number of rotatable bonds is 2. The summed E-state index contributed by atoms with van der Waals surface area (Å²) in [7, 11) is 2.12. The summed E-state index contributed by atoms with van der Waals surface area (Å²) >= 11 is 0. The number of aromatic nitrogens is 3. The maximum atomic E-state index is 2.41. The number of hydrogen-bond acceptors (Lipinski definition) is 0. The molecule has 0 atom stereocenters. The molecule has 47 heavy (non-hydrogen) atoms. The highest BCUT2D eigenvalue weighted by Crippen LogP contribution is 2.37. The van der Waals surface area contributed by atoms with Crippen LogP contribution in [0.3, 0.4) is 0 Å². The van der Waals surface area contributed by atoms with Crippen molar-refractivity contribution in [3.05, 3.63) is 169 Å². The summed E-state index contributed by atoms with van der Waals surface area (Å²) in [5.74, 6) is 0. The molecule has 0 N–H and O–H groups in total. The van der Waals surface area contributed by atoms with Crippen LogP contribution in [0.25, 0.3) is 76.8 Å². The van der Waals surface area contributed by atoms with E-state index in [1.165, 1.54) is 82.4 Å². The van der Waals surface area contributed by atoms with E-state index >= 15 is 0 Å². The molecule has 3 nitrogen and oxygen atoms in total. The largest absolute Gasteiger partial charge is 0.344 e. The standard InChI is InChI=1S/C31H22N2.C13H11N/c1-21-26(32-28-15-6-2-11-22(28)23-12-3-7-16-29(23)32)19-10-20-27(21)33-30-17-8-4-13-24(30)25-14-5-9-18-31(25)33;1-14-12-8-4-2-6-10(12)11-7-3-5-9-13(11)14/h2-20H,1H3;2-9H,1H3. The second kappa shape index (κ2) is 10.8. The number of hydrogen-bond donors (Lipinski definition) is 0. The lowest BCUT2D eigenvalue weighted by Gasteiger charge is -2.17. The lowest BCUT2D eigenvalue weighted by atomic mass is 10.1. The number of fused-ring (bicyclic) bond motifs is 9. The molecule has 0 aliphatic rings. The van der Waals surface area contributed by atoms with Gasteiger partial charge < -0.3 is 13.7 Å². The molecule has 0 saturated carbocycles. The van der Waals surface area contributed by atoms with Crippen LogP contribution in [0.1, 0.15) is 5.56 Å². The van der Waals surface area contributed by atoms with Crippen LogP contribution in [-0.2, 0) is 7.05 Å². The monoisotopic (exact) mass is 603 g/mol. The first-order valence-electron chi connectivity index (χ1n) is 16.2. The Morgan fingerprint density at radius 1 is 0.298 bits per heavy atom. The van der Waals surface area contributed by atoms with Gasteiger partial charge in [-0.25, -0.2) is 0 Å². The van der Waals surface area contributed by atoms with Gasteiger partial charge in [0, 0.05) is 50.4 Å². The third-order valence-electron chi connectivity index (χ3n) is 9.74. The van der Waals surface area contributed by atoms with Crippen LogP contribution >= 0.6 is 0 Å². The van der Waals surface area contributed by atoms with E-state index in [2.05, 4.69) is 191 Å². The Labute approximate surface area is 273 Å². The number of benzene rings is 7. The summed E-state index contributed by atoms with van der Waals surface area (Å²) in [6.45, 7) is 2.25. The fourth-order valence-electron chi connectivity index (χ4n) is 7.58. The molecule has 0 radical (unpaired) electrons. The van der Waals surface area contributed by atoms with Crippen molar-refractivity contribution in [3.63, 3.8) is 0 Å². The Balaban J connectivity index is 0.000000180. The molecule has 10 aromatic rings. The van der Waals surface area contributed by atoms with Gasteiger partial charge in [0.1, 0.15) is 0 Å². The van der Waals surface area contributed by atoms with E-state index in [0.717, 1.165) is 0 Å². The average Bonchev–Trinajstić information content (AvgIpc) is 3.75. The average molecular weight is 604 g/mol. The zero-order chi connectivity index (χ0) is 31.5. The fraction of sp³-hybridized carbons (Fsp3) is 0.0455. The lowest BCUT2D eigenvalue weighted by molar-refractivity contribution is 1.01. The maximum absolute atomic E-state index is 2.41. The van der Waals surface area contributed by atoms with Crippen LogP contribution in [0.5, 0.6) is 0 Å². The molecule has 10 rings (SSSR count). The summed E-state index contributed by atoms with van der Waals surface area (Å²) in [5.41, 5.74) is 11.2. The molecule has 0 spiro atoms. The molecule has 0 bridgehead atoms. The van der Waals surface area contributed by atoms with Gasteiger partial charge in [-0.3, -0.25) is 0 Å². The Hall–Kier alpha value is -6.06. The summed E-state index contributed by atoms with van der Waals surface area (Å²) in [6, 6.07) is 58.5. The minimum atomic E-state index is 1.21. The van der Waals surface area contributed by atoms with E-state index < -0.39 is 0 Å². The van der Waals surface area contributed by atoms with Gasteiger partial charge in [0.25, 0.3) is 0 Å². The minimum absolute atomic E-state index is 1.21. The first-order chi connectivity index (χ1) is 23.2. The van der Waals surface area contributed by atoms with Gasteiger partial charge >= 0.3 is 0 Å². The molecule has 0 amide bonds. The Kier molecular flexibility index (Phi) is 6.26. The Bertz CT molecular complexity index is 2480. The molecule has 3 heteroatoms. The lowest BCUT2D eigenvalue weighted by Crippen LogP contribution is -2.03. The van der Waals surface area contributed by atoms with Gasteiger partial charge in [0.2, 0.25) is 0 Å². The number of para-hydroxylation sites is 6. The highest BCUT2D eigenvalue weighted by Gasteiger charge is 2.17. The third kappa shape index (κ3) is 4.13. The first-order valence-corrected chi connectivity index (χ1v) is 16.2. The van der Waals surface area contributed by atoms with Crippen LogP contribution < -0.4 is 0 Å². The smallest absolute Gasteiger partial charge is 0.0541 e. The quantitative estimate of drug-likeness (QED) is 0.187. The van der Waals surface area contributed by atoms with Crippen LogP contribution in [-0.4, -0.2) is 13.7 Å². The molecule has 0 aliphatic heterocycles. The van der Waals surface area contributed by atoms with Crippen molar-refractivity contribution >= 4 is 65.4 Å².